The van der Waals surface area contributed by atoms with E-state index < -0.39 is 0 Å². The van der Waals surface area contributed by atoms with Gasteiger partial charge in [0.2, 0.25) is 0 Å². The summed E-state index contributed by atoms with van der Waals surface area (Å²) in [6.07, 6.45) is 1.66. The summed E-state index contributed by atoms with van der Waals surface area (Å²) in [5, 5.41) is 14.5. The molecule has 5 nitrogen and oxygen atoms in total. The van der Waals surface area contributed by atoms with Gasteiger partial charge in [0.25, 0.3) is 0 Å². The molecular weight excluding hydrogens is 266 g/mol. The minimum absolute atomic E-state index is 0.00290. The van der Waals surface area contributed by atoms with Crippen LogP contribution in [0.4, 0.5) is 4.79 Å². The molecular formula is C16H25N3O2. The lowest BCUT2D eigenvalue weighted by molar-refractivity contribution is 0.223. The molecule has 0 aliphatic carbocycles. The Bertz CT molecular complexity index is 465. The van der Waals surface area contributed by atoms with Gasteiger partial charge in [0.1, 0.15) is 0 Å². The van der Waals surface area contributed by atoms with Crippen molar-refractivity contribution in [3.63, 3.8) is 0 Å². The minimum atomic E-state index is -0.159. The van der Waals surface area contributed by atoms with Gasteiger partial charge in [0.15, 0.2) is 0 Å². The summed E-state index contributed by atoms with van der Waals surface area (Å²) in [4.78, 5) is 14.0. The number of nitrogens with one attached hydrogen (secondary N) is 2. The number of aliphatic hydroxyl groups is 1. The number of benzene rings is 1. The van der Waals surface area contributed by atoms with Crippen LogP contribution in [0.25, 0.3) is 0 Å². The van der Waals surface area contributed by atoms with E-state index in [9.17, 15) is 4.79 Å². The largest absolute Gasteiger partial charge is 0.396 e. The lowest BCUT2D eigenvalue weighted by atomic mass is 10.00. The lowest BCUT2D eigenvalue weighted by Gasteiger charge is -2.28. The van der Waals surface area contributed by atoms with E-state index in [4.69, 9.17) is 5.11 Å². The molecule has 0 aromatic heterocycles. The normalized spacial score (nSPS) is 16.1. The van der Waals surface area contributed by atoms with Gasteiger partial charge >= 0.3 is 6.03 Å². The number of fused-ring (bicyclic) bond motifs is 1. The first-order valence-corrected chi connectivity index (χ1v) is 7.63. The smallest absolute Gasteiger partial charge is 0.315 e. The zero-order valence-electron chi connectivity index (χ0n) is 12.6. The van der Waals surface area contributed by atoms with Crippen LogP contribution in [-0.2, 0) is 13.0 Å². The molecule has 0 saturated heterocycles. The Morgan fingerprint density at radius 3 is 2.90 bits per heavy atom. The molecule has 0 spiro atoms. The fourth-order valence-corrected chi connectivity index (χ4v) is 2.61. The zero-order chi connectivity index (χ0) is 15.1. The summed E-state index contributed by atoms with van der Waals surface area (Å²) in [6, 6.07) is 8.38. The summed E-state index contributed by atoms with van der Waals surface area (Å²) in [5.74, 6) is 0. The standard InChI is InChI=1S/C16H25N3O2/c1-13(7-11-20)18-16(21)17-8-10-19-9-6-14-4-2-3-5-15(14)12-19/h2-5,13,20H,6-12H2,1H3,(H2,17,18,21)/t13-/m1/s1. The van der Waals surface area contributed by atoms with Crippen molar-refractivity contribution in [1.82, 2.24) is 15.5 Å². The van der Waals surface area contributed by atoms with Crippen molar-refractivity contribution in [2.24, 2.45) is 0 Å². The van der Waals surface area contributed by atoms with Crippen molar-refractivity contribution in [2.75, 3.05) is 26.2 Å². The number of carbonyl (C=O) groups excluding carboxylic acids is 1. The van der Waals surface area contributed by atoms with Crippen LogP contribution >= 0.6 is 0 Å². The number of nitrogens with zero attached hydrogens (tertiary/aromatic N) is 1. The average Bonchev–Trinajstić information content (AvgIpc) is 2.47. The van der Waals surface area contributed by atoms with Gasteiger partial charge in [0.05, 0.1) is 0 Å². The molecule has 1 heterocycles. The summed E-state index contributed by atoms with van der Waals surface area (Å²) in [5.41, 5.74) is 2.84. The second kappa shape index (κ2) is 8.00. The van der Waals surface area contributed by atoms with Gasteiger partial charge in [0, 0.05) is 38.8 Å². The summed E-state index contributed by atoms with van der Waals surface area (Å²) in [7, 11) is 0. The maximum atomic E-state index is 11.6. The van der Waals surface area contributed by atoms with Crippen molar-refractivity contribution in [1.29, 1.82) is 0 Å². The Morgan fingerprint density at radius 1 is 1.38 bits per heavy atom. The summed E-state index contributed by atoms with van der Waals surface area (Å²) >= 11 is 0. The molecule has 0 bridgehead atoms. The minimum Gasteiger partial charge on any atom is -0.396 e. The fourth-order valence-electron chi connectivity index (χ4n) is 2.61. The first-order chi connectivity index (χ1) is 10.2. The Labute approximate surface area is 126 Å². The van der Waals surface area contributed by atoms with Crippen LogP contribution in [0.3, 0.4) is 0 Å². The number of rotatable bonds is 6. The molecule has 2 rings (SSSR count). The van der Waals surface area contributed by atoms with Crippen molar-refractivity contribution < 1.29 is 9.90 Å². The highest BCUT2D eigenvalue weighted by Gasteiger charge is 2.15. The number of urea groups is 1. The van der Waals surface area contributed by atoms with E-state index in [1.807, 2.05) is 6.92 Å². The Balaban J connectivity index is 1.67. The van der Waals surface area contributed by atoms with Gasteiger partial charge in [-0.25, -0.2) is 4.79 Å². The summed E-state index contributed by atoms with van der Waals surface area (Å²) < 4.78 is 0. The number of hydrogen-bond donors (Lipinski definition) is 3. The van der Waals surface area contributed by atoms with Crippen LogP contribution in [0.15, 0.2) is 24.3 Å². The molecule has 0 fully saturated rings. The summed E-state index contributed by atoms with van der Waals surface area (Å²) in [6.45, 7) is 5.48. The molecule has 1 aliphatic rings. The Hall–Kier alpha value is -1.59. The highest BCUT2D eigenvalue weighted by Crippen LogP contribution is 2.17. The molecule has 1 aromatic rings. The Morgan fingerprint density at radius 2 is 2.14 bits per heavy atom. The first-order valence-electron chi connectivity index (χ1n) is 7.63. The monoisotopic (exact) mass is 291 g/mol. The highest BCUT2D eigenvalue weighted by atomic mass is 16.3. The predicted octanol–water partition coefficient (Wildman–Crippen LogP) is 1.11. The van der Waals surface area contributed by atoms with Gasteiger partial charge in [-0.1, -0.05) is 24.3 Å². The van der Waals surface area contributed by atoms with E-state index in [0.29, 0.717) is 13.0 Å². The number of aliphatic hydroxyl groups excluding tert-OH is 1. The molecule has 116 valence electrons. The quantitative estimate of drug-likeness (QED) is 0.736. The highest BCUT2D eigenvalue weighted by molar-refractivity contribution is 5.74. The molecule has 21 heavy (non-hydrogen) atoms. The fraction of sp³-hybridized carbons (Fsp3) is 0.562. The van der Waals surface area contributed by atoms with Crippen LogP contribution in [0.1, 0.15) is 24.5 Å². The molecule has 1 atom stereocenters. The van der Waals surface area contributed by atoms with E-state index in [2.05, 4.69) is 39.8 Å². The van der Waals surface area contributed by atoms with Crippen LogP contribution in [-0.4, -0.2) is 48.3 Å². The maximum Gasteiger partial charge on any atom is 0.315 e. The van der Waals surface area contributed by atoms with Crippen molar-refractivity contribution >= 4 is 6.03 Å². The third kappa shape index (κ3) is 5.02. The zero-order valence-corrected chi connectivity index (χ0v) is 12.6. The van der Waals surface area contributed by atoms with Crippen LogP contribution < -0.4 is 10.6 Å². The molecule has 0 saturated carbocycles. The van der Waals surface area contributed by atoms with E-state index in [1.54, 1.807) is 0 Å². The molecule has 0 unspecified atom stereocenters. The molecule has 1 aromatic carbocycles. The second-order valence-electron chi connectivity index (χ2n) is 5.61. The Kier molecular flexibility index (Phi) is 6.02. The first kappa shape index (κ1) is 15.8. The van der Waals surface area contributed by atoms with Crippen molar-refractivity contribution in [3.05, 3.63) is 35.4 Å². The SMILES string of the molecule is C[C@H](CCO)NC(=O)NCCN1CCc2ccccc2C1. The van der Waals surface area contributed by atoms with Crippen molar-refractivity contribution in [2.45, 2.75) is 32.4 Å². The number of hydrogen-bond acceptors (Lipinski definition) is 3. The van der Waals surface area contributed by atoms with Gasteiger partial charge in [-0.3, -0.25) is 4.90 Å². The lowest BCUT2D eigenvalue weighted by Crippen LogP contribution is -2.44. The topological polar surface area (TPSA) is 64.6 Å². The van der Waals surface area contributed by atoms with Crippen LogP contribution in [0, 0.1) is 0 Å². The van der Waals surface area contributed by atoms with Gasteiger partial charge in [-0.15, -0.1) is 0 Å². The second-order valence-corrected chi connectivity index (χ2v) is 5.61. The maximum absolute atomic E-state index is 11.6. The van der Waals surface area contributed by atoms with E-state index >= 15 is 0 Å². The average molecular weight is 291 g/mol. The van der Waals surface area contributed by atoms with E-state index in [-0.39, 0.29) is 18.7 Å². The van der Waals surface area contributed by atoms with Gasteiger partial charge < -0.3 is 15.7 Å². The van der Waals surface area contributed by atoms with Gasteiger partial charge in [-0.05, 0) is 30.9 Å². The van der Waals surface area contributed by atoms with Gasteiger partial charge in [-0.2, -0.15) is 0 Å². The number of carbonyl (C=O) groups is 1. The molecule has 5 heteroatoms. The van der Waals surface area contributed by atoms with Crippen LogP contribution in [0.2, 0.25) is 0 Å². The molecule has 2 amide bonds. The third-order valence-electron chi connectivity index (χ3n) is 3.86. The van der Waals surface area contributed by atoms with Crippen LogP contribution in [0.5, 0.6) is 0 Å². The molecule has 0 radical (unpaired) electrons. The molecule has 3 N–H and O–H groups in total. The van der Waals surface area contributed by atoms with E-state index in [0.717, 1.165) is 26.1 Å². The third-order valence-corrected chi connectivity index (χ3v) is 3.86. The van der Waals surface area contributed by atoms with E-state index in [1.165, 1.54) is 11.1 Å². The predicted molar refractivity (Wildman–Crippen MR) is 83.1 cm³/mol. The molecule has 1 aliphatic heterocycles. The van der Waals surface area contributed by atoms with Crippen molar-refractivity contribution in [3.8, 4) is 0 Å². The number of amides is 2.